The molecule has 28 heavy (non-hydrogen) atoms. The molecule has 0 spiro atoms. The molecule has 1 aromatic carbocycles. The van der Waals surface area contributed by atoms with Gasteiger partial charge in [-0.05, 0) is 61.0 Å². The minimum Gasteiger partial charge on any atom is -0.487 e. The smallest absolute Gasteiger partial charge is 0.130 e. The lowest BCUT2D eigenvalue weighted by molar-refractivity contribution is 0.377. The van der Waals surface area contributed by atoms with Crippen LogP contribution in [0, 0.1) is 0 Å². The van der Waals surface area contributed by atoms with Crippen molar-refractivity contribution in [2.75, 3.05) is 6.61 Å². The van der Waals surface area contributed by atoms with Crippen LogP contribution in [-0.2, 0) is 0 Å². The highest BCUT2D eigenvalue weighted by atomic mass is 16.5. The molecule has 2 aromatic heterocycles. The first kappa shape index (κ1) is 17.9. The normalized spacial score (nSPS) is 18.6. The van der Waals surface area contributed by atoms with E-state index in [1.807, 2.05) is 67.7 Å². The van der Waals surface area contributed by atoms with E-state index in [0.29, 0.717) is 6.61 Å². The Morgan fingerprint density at radius 1 is 1.04 bits per heavy atom. The van der Waals surface area contributed by atoms with Gasteiger partial charge in [-0.2, -0.15) is 5.10 Å². The van der Waals surface area contributed by atoms with E-state index < -0.39 is 5.54 Å². The van der Waals surface area contributed by atoms with Crippen molar-refractivity contribution in [2.24, 2.45) is 10.7 Å². The summed E-state index contributed by atoms with van der Waals surface area (Å²) in [5.41, 5.74) is 10.5. The van der Waals surface area contributed by atoms with Gasteiger partial charge in [0.15, 0.2) is 0 Å². The first-order valence-electron chi connectivity index (χ1n) is 9.00. The Balaban J connectivity index is 1.47. The predicted octanol–water partition coefficient (Wildman–Crippen LogP) is 3.76. The number of benzene rings is 1. The molecule has 3 aromatic rings. The number of nitrogens with two attached hydrogens (primary N) is 1. The quantitative estimate of drug-likeness (QED) is 0.715. The lowest BCUT2D eigenvalue weighted by Crippen LogP contribution is -2.30. The summed E-state index contributed by atoms with van der Waals surface area (Å²) in [6, 6.07) is 11.8. The fraction of sp³-hybridized carbons (Fsp3) is 0.136. The zero-order valence-corrected chi connectivity index (χ0v) is 15.5. The van der Waals surface area contributed by atoms with Crippen molar-refractivity contribution in [3.8, 4) is 28.1 Å². The molecule has 1 aliphatic heterocycles. The topological polar surface area (TPSA) is 89.2 Å². The third-order valence-electron chi connectivity index (χ3n) is 4.47. The van der Waals surface area contributed by atoms with Gasteiger partial charge in [0.2, 0.25) is 0 Å². The monoisotopic (exact) mass is 371 g/mol. The summed E-state index contributed by atoms with van der Waals surface area (Å²) >= 11 is 0. The summed E-state index contributed by atoms with van der Waals surface area (Å²) in [4.78, 5) is 8.43. The summed E-state index contributed by atoms with van der Waals surface area (Å²) in [6.07, 6.45) is 12.8. The minimum absolute atomic E-state index is 0.378. The number of nitrogens with zero attached hydrogens (tertiary/aromatic N) is 3. The second-order valence-corrected chi connectivity index (χ2v) is 6.84. The number of aromatic amines is 1. The standard InChI is InChI=1S/C22H21N5O/c1-22(23)9-6-18(25-13-10-22)15-28-19-4-2-17(3-5-19)21-20(14-26-27-21)16-7-11-24-12-8-16/h2-14H,15,23H2,1H3,(H,26,27). The number of hydrogen-bond acceptors (Lipinski definition) is 5. The zero-order valence-electron chi connectivity index (χ0n) is 15.5. The summed E-state index contributed by atoms with van der Waals surface area (Å²) in [6.45, 7) is 2.30. The lowest BCUT2D eigenvalue weighted by atomic mass is 10.0. The Morgan fingerprint density at radius 3 is 2.61 bits per heavy atom. The van der Waals surface area contributed by atoms with Crippen LogP contribution in [0.25, 0.3) is 22.4 Å². The molecule has 1 unspecified atom stereocenters. The van der Waals surface area contributed by atoms with Gasteiger partial charge in [-0.1, -0.05) is 6.08 Å². The number of nitrogens with one attached hydrogen (secondary N) is 1. The molecule has 140 valence electrons. The molecule has 1 aliphatic rings. The number of aromatic nitrogens is 3. The lowest BCUT2D eigenvalue weighted by Gasteiger charge is -2.12. The van der Waals surface area contributed by atoms with E-state index >= 15 is 0 Å². The molecule has 0 amide bonds. The van der Waals surface area contributed by atoms with Crippen molar-refractivity contribution in [2.45, 2.75) is 12.5 Å². The van der Waals surface area contributed by atoms with E-state index in [2.05, 4.69) is 20.2 Å². The minimum atomic E-state index is -0.483. The van der Waals surface area contributed by atoms with E-state index in [-0.39, 0.29) is 0 Å². The molecule has 3 N–H and O–H groups in total. The summed E-state index contributed by atoms with van der Waals surface area (Å²) in [5.74, 6) is 0.772. The van der Waals surface area contributed by atoms with E-state index in [4.69, 9.17) is 10.5 Å². The van der Waals surface area contributed by atoms with E-state index in [9.17, 15) is 0 Å². The van der Waals surface area contributed by atoms with Crippen LogP contribution in [0.1, 0.15) is 6.92 Å². The predicted molar refractivity (Wildman–Crippen MR) is 111 cm³/mol. The number of rotatable bonds is 5. The molecule has 0 saturated heterocycles. The highest BCUT2D eigenvalue weighted by Crippen LogP contribution is 2.30. The van der Waals surface area contributed by atoms with Crippen LogP contribution in [0.3, 0.4) is 0 Å². The number of H-pyrrole nitrogens is 1. The molecule has 3 heterocycles. The second-order valence-electron chi connectivity index (χ2n) is 6.84. The number of pyridine rings is 1. The summed E-state index contributed by atoms with van der Waals surface area (Å²) in [5, 5.41) is 7.28. The number of aliphatic imine (C=N–C) groups is 1. The van der Waals surface area contributed by atoms with Crippen LogP contribution in [-0.4, -0.2) is 33.0 Å². The van der Waals surface area contributed by atoms with Gasteiger partial charge in [0.25, 0.3) is 0 Å². The number of ether oxygens (including phenoxy) is 1. The van der Waals surface area contributed by atoms with Gasteiger partial charge in [0.05, 0.1) is 23.1 Å². The maximum Gasteiger partial charge on any atom is 0.130 e. The third-order valence-corrected chi connectivity index (χ3v) is 4.47. The molecule has 0 fully saturated rings. The third kappa shape index (κ3) is 4.07. The van der Waals surface area contributed by atoms with Crippen LogP contribution in [0.4, 0.5) is 0 Å². The van der Waals surface area contributed by atoms with Crippen LogP contribution in [0.2, 0.25) is 0 Å². The summed E-state index contributed by atoms with van der Waals surface area (Å²) in [7, 11) is 0. The average molecular weight is 371 g/mol. The van der Waals surface area contributed by atoms with E-state index in [1.54, 1.807) is 18.6 Å². The molecular weight excluding hydrogens is 350 g/mol. The fourth-order valence-corrected chi connectivity index (χ4v) is 2.88. The van der Waals surface area contributed by atoms with E-state index in [0.717, 1.165) is 33.8 Å². The summed E-state index contributed by atoms with van der Waals surface area (Å²) < 4.78 is 5.87. The Bertz CT molecular complexity index is 1030. The first-order chi connectivity index (χ1) is 13.6. The molecule has 1 atom stereocenters. The van der Waals surface area contributed by atoms with Crippen LogP contribution in [0.5, 0.6) is 5.75 Å². The number of hydrogen-bond donors (Lipinski definition) is 2. The largest absolute Gasteiger partial charge is 0.487 e. The molecule has 4 rings (SSSR count). The Morgan fingerprint density at radius 2 is 1.82 bits per heavy atom. The highest BCUT2D eigenvalue weighted by molar-refractivity contribution is 5.97. The van der Waals surface area contributed by atoms with Gasteiger partial charge in [0.1, 0.15) is 12.4 Å². The second kappa shape index (κ2) is 7.62. The van der Waals surface area contributed by atoms with Crippen molar-refractivity contribution < 1.29 is 4.74 Å². The molecule has 0 radical (unpaired) electrons. The van der Waals surface area contributed by atoms with E-state index in [1.165, 1.54) is 0 Å². The van der Waals surface area contributed by atoms with Crippen LogP contribution in [0.15, 0.2) is 84.4 Å². The molecule has 6 nitrogen and oxygen atoms in total. The van der Waals surface area contributed by atoms with Crippen molar-refractivity contribution in [3.05, 3.63) is 79.4 Å². The van der Waals surface area contributed by atoms with Crippen molar-refractivity contribution >= 4 is 5.71 Å². The Hall–Kier alpha value is -3.51. The molecule has 6 heteroatoms. The molecular formula is C22H21N5O. The van der Waals surface area contributed by atoms with Crippen LogP contribution >= 0.6 is 0 Å². The Kier molecular flexibility index (Phi) is 4.87. The van der Waals surface area contributed by atoms with Gasteiger partial charge in [-0.25, -0.2) is 0 Å². The zero-order chi connectivity index (χ0) is 19.4. The van der Waals surface area contributed by atoms with Gasteiger partial charge < -0.3 is 10.5 Å². The average Bonchev–Trinajstić information content (AvgIpc) is 3.13. The maximum atomic E-state index is 6.07. The molecule has 0 saturated carbocycles. The van der Waals surface area contributed by atoms with Gasteiger partial charge in [-0.3, -0.25) is 15.1 Å². The van der Waals surface area contributed by atoms with Crippen molar-refractivity contribution in [1.82, 2.24) is 15.2 Å². The molecule has 0 bridgehead atoms. The maximum absolute atomic E-state index is 6.07. The first-order valence-corrected chi connectivity index (χ1v) is 9.00. The highest BCUT2D eigenvalue weighted by Gasteiger charge is 2.12. The fourth-order valence-electron chi connectivity index (χ4n) is 2.88. The molecule has 0 aliphatic carbocycles. The van der Waals surface area contributed by atoms with Gasteiger partial charge >= 0.3 is 0 Å². The van der Waals surface area contributed by atoms with Crippen molar-refractivity contribution in [1.29, 1.82) is 0 Å². The SMILES string of the molecule is CC1(N)C=CN=C(COc2ccc(-c3[nH]ncc3-c3ccncc3)cc2)C=C1. The van der Waals surface area contributed by atoms with Gasteiger partial charge in [-0.15, -0.1) is 0 Å². The Labute approximate surface area is 163 Å². The van der Waals surface area contributed by atoms with Gasteiger partial charge in [0, 0.05) is 29.7 Å². The van der Waals surface area contributed by atoms with Crippen molar-refractivity contribution in [3.63, 3.8) is 0 Å². The van der Waals surface area contributed by atoms with Crippen LogP contribution < -0.4 is 10.5 Å².